The molecule has 9 atom stereocenters. The van der Waals surface area contributed by atoms with E-state index in [1.165, 1.54) is 0 Å². The maximum absolute atomic E-state index is 13.8. The minimum absolute atomic E-state index is 0.0370. The highest BCUT2D eigenvalue weighted by Crippen LogP contribution is 2.66. The molecule has 2 unspecified atom stereocenters. The monoisotopic (exact) mass is 592 g/mol. The van der Waals surface area contributed by atoms with Gasteiger partial charge in [0.1, 0.15) is 23.1 Å². The van der Waals surface area contributed by atoms with E-state index in [2.05, 4.69) is 11.7 Å². The molecule has 0 aliphatic heterocycles. The van der Waals surface area contributed by atoms with Gasteiger partial charge < -0.3 is 4.74 Å². The second kappa shape index (κ2) is 10.2. The summed E-state index contributed by atoms with van der Waals surface area (Å²) in [6, 6.07) is 0. The van der Waals surface area contributed by atoms with E-state index in [4.69, 9.17) is 4.55 Å². The molecule has 1 N–H and O–H groups in total. The second-order valence-electron chi connectivity index (χ2n) is 13.4. The van der Waals surface area contributed by atoms with Gasteiger partial charge in [-0.05, 0) is 67.6 Å². The lowest BCUT2D eigenvalue weighted by atomic mass is 9.44. The summed E-state index contributed by atoms with van der Waals surface area (Å²) in [6.45, 7) is 6.25. The summed E-state index contributed by atoms with van der Waals surface area (Å²) in [7, 11) is -5.09. The molecule has 0 aromatic heterocycles. The van der Waals surface area contributed by atoms with Crippen LogP contribution in [0, 0.1) is 46.3 Å². The van der Waals surface area contributed by atoms with Gasteiger partial charge in [0.05, 0.1) is 0 Å². The van der Waals surface area contributed by atoms with Crippen LogP contribution < -0.4 is 0 Å². The molecule has 4 rings (SSSR count). The molecule has 4 aliphatic carbocycles. The smallest absolute Gasteiger partial charge is 0.429 e. The Bertz CT molecular complexity index is 1200. The molecule has 0 spiro atoms. The Morgan fingerprint density at radius 2 is 1.75 bits per heavy atom. The van der Waals surface area contributed by atoms with Crippen molar-refractivity contribution in [1.29, 1.82) is 0 Å². The highest BCUT2D eigenvalue weighted by molar-refractivity contribution is 7.85. The van der Waals surface area contributed by atoms with Crippen LogP contribution in [0.2, 0.25) is 0 Å². The number of rotatable bonds is 7. The molecule has 4 saturated carbocycles. The van der Waals surface area contributed by atoms with Crippen molar-refractivity contribution >= 4 is 33.4 Å². The van der Waals surface area contributed by atoms with E-state index in [0.717, 1.165) is 0 Å². The molecule has 12 heteroatoms. The Hall–Kier alpha value is -1.82. The first kappa shape index (κ1) is 31.1. The van der Waals surface area contributed by atoms with Crippen LogP contribution >= 0.6 is 0 Å². The van der Waals surface area contributed by atoms with Gasteiger partial charge in [-0.25, -0.2) is 0 Å². The van der Waals surface area contributed by atoms with Crippen LogP contribution in [-0.2, 0) is 34.0 Å². The van der Waals surface area contributed by atoms with Crippen LogP contribution in [0.3, 0.4) is 0 Å². The first-order valence-electron chi connectivity index (χ1n) is 14.0. The summed E-state index contributed by atoms with van der Waals surface area (Å²) in [5.74, 6) is -3.72. The third-order valence-corrected chi connectivity index (χ3v) is 12.0. The number of hydrogen-bond donors (Lipinski definition) is 1. The molecule has 0 aromatic rings. The van der Waals surface area contributed by atoms with E-state index in [9.17, 15) is 40.8 Å². The molecule has 0 saturated heterocycles. The van der Waals surface area contributed by atoms with Crippen LogP contribution in [0.15, 0.2) is 0 Å². The van der Waals surface area contributed by atoms with Crippen LogP contribution in [0.25, 0.3) is 0 Å². The maximum atomic E-state index is 13.8. The van der Waals surface area contributed by atoms with Gasteiger partial charge >= 0.3 is 12.1 Å². The lowest BCUT2D eigenvalue weighted by molar-refractivity contribution is -0.256. The Morgan fingerprint density at radius 1 is 1.10 bits per heavy atom. The Labute approximate surface area is 232 Å². The minimum atomic E-state index is -5.23. The van der Waals surface area contributed by atoms with E-state index in [0.29, 0.717) is 45.4 Å². The third-order valence-electron chi connectivity index (χ3n) is 11.1. The number of alkyl halides is 3. The highest BCUT2D eigenvalue weighted by atomic mass is 32.2. The first-order valence-corrected chi connectivity index (χ1v) is 15.7. The summed E-state index contributed by atoms with van der Waals surface area (Å²) in [5.41, 5.74) is -4.46. The van der Waals surface area contributed by atoms with Gasteiger partial charge in [-0.1, -0.05) is 20.8 Å². The second-order valence-corrected chi connectivity index (χ2v) is 14.8. The van der Waals surface area contributed by atoms with E-state index >= 15 is 0 Å². The number of fused-ring (bicyclic) bond motifs is 5. The van der Waals surface area contributed by atoms with Gasteiger partial charge in [0, 0.05) is 43.4 Å². The molecule has 4 fully saturated rings. The third kappa shape index (κ3) is 5.27. The SMILES string of the molecule is C[C@H](CCC(=O)OC(C)(CS(=O)(=O)O)C(F)(F)F)[C@H]1CC[C@H]2[C@@H]3C(=O)CC4CC(=O)CC[C@]4(C)[C@H]3CC(=O)[C@]12C. The van der Waals surface area contributed by atoms with Crippen molar-refractivity contribution in [1.82, 2.24) is 0 Å². The van der Waals surface area contributed by atoms with Gasteiger partial charge in [-0.3, -0.25) is 23.7 Å². The quantitative estimate of drug-likeness (QED) is 0.331. The fraction of sp³-hybridized carbons (Fsp3) is 0.857. The molecule has 0 amide bonds. The van der Waals surface area contributed by atoms with Crippen molar-refractivity contribution < 1.29 is 50.1 Å². The van der Waals surface area contributed by atoms with Crippen LogP contribution in [0.1, 0.15) is 85.5 Å². The fourth-order valence-electron chi connectivity index (χ4n) is 8.76. The van der Waals surface area contributed by atoms with Crippen molar-refractivity contribution in [2.45, 2.75) is 97.3 Å². The Kier molecular flexibility index (Phi) is 7.91. The first-order chi connectivity index (χ1) is 18.2. The number of Topliss-reactive ketones (excluding diaryl/α,β-unsaturated/α-hetero) is 3. The lowest BCUT2D eigenvalue weighted by Crippen LogP contribution is -2.60. The number of carbonyl (C=O) groups excluding carboxylic acids is 4. The highest BCUT2D eigenvalue weighted by Gasteiger charge is 2.66. The summed E-state index contributed by atoms with van der Waals surface area (Å²) in [4.78, 5) is 51.9. The fourth-order valence-corrected chi connectivity index (χ4v) is 9.67. The average molecular weight is 593 g/mol. The van der Waals surface area contributed by atoms with Crippen molar-refractivity contribution in [2.24, 2.45) is 46.3 Å². The summed E-state index contributed by atoms with van der Waals surface area (Å²) >= 11 is 0. The molecule has 0 radical (unpaired) electrons. The predicted octanol–water partition coefficient (Wildman–Crippen LogP) is 4.74. The molecular weight excluding hydrogens is 553 g/mol. The van der Waals surface area contributed by atoms with Crippen molar-refractivity contribution in [3.05, 3.63) is 0 Å². The zero-order valence-corrected chi connectivity index (χ0v) is 24.2. The number of carbonyl (C=O) groups is 4. The van der Waals surface area contributed by atoms with Gasteiger partial charge in [0.15, 0.2) is 0 Å². The Morgan fingerprint density at radius 3 is 2.35 bits per heavy atom. The van der Waals surface area contributed by atoms with Crippen molar-refractivity contribution in [2.75, 3.05) is 5.75 Å². The summed E-state index contributed by atoms with van der Waals surface area (Å²) in [6.07, 6.45) is -2.11. The molecular formula is C28H39F3O8S. The molecule has 40 heavy (non-hydrogen) atoms. The maximum Gasteiger partial charge on any atom is 0.429 e. The molecule has 0 aromatic carbocycles. The summed E-state index contributed by atoms with van der Waals surface area (Å²) < 4.78 is 76.3. The standard InChI is InChI=1S/C28H39F3O8S/c1-15(5-8-23(35)39-26(3,28(29,30)31)14-40(36,37)38)18-6-7-19-24-20(13-22(34)27(18,19)4)25(2)10-9-17(32)11-16(25)12-21(24)33/h15-16,18-20,24H,5-14H2,1-4H3,(H,36,37,38)/t15-,16?,18-,19+,20+,24+,25+,26?,27-/m1/s1. The molecule has 0 bridgehead atoms. The van der Waals surface area contributed by atoms with Crippen LogP contribution in [-0.4, -0.2) is 53.8 Å². The van der Waals surface area contributed by atoms with Gasteiger partial charge in [-0.2, -0.15) is 21.6 Å². The van der Waals surface area contributed by atoms with Crippen molar-refractivity contribution in [3.63, 3.8) is 0 Å². The molecule has 8 nitrogen and oxygen atoms in total. The number of halogens is 3. The van der Waals surface area contributed by atoms with E-state index in [1.54, 1.807) is 0 Å². The van der Waals surface area contributed by atoms with E-state index in [-0.39, 0.29) is 71.1 Å². The van der Waals surface area contributed by atoms with E-state index in [1.807, 2.05) is 13.8 Å². The molecule has 226 valence electrons. The number of ketones is 3. The number of hydrogen-bond acceptors (Lipinski definition) is 7. The topological polar surface area (TPSA) is 132 Å². The predicted molar refractivity (Wildman–Crippen MR) is 136 cm³/mol. The van der Waals surface area contributed by atoms with Crippen LogP contribution in [0.4, 0.5) is 13.2 Å². The van der Waals surface area contributed by atoms with Gasteiger partial charge in [0.2, 0.25) is 5.60 Å². The zero-order chi connectivity index (χ0) is 30.1. The van der Waals surface area contributed by atoms with Gasteiger partial charge in [-0.15, -0.1) is 0 Å². The molecule has 0 heterocycles. The number of ether oxygens (including phenoxy) is 1. The zero-order valence-electron chi connectivity index (χ0n) is 23.4. The largest absolute Gasteiger partial charge is 0.448 e. The Balaban J connectivity index is 1.47. The minimum Gasteiger partial charge on any atom is -0.448 e. The van der Waals surface area contributed by atoms with Crippen molar-refractivity contribution in [3.8, 4) is 0 Å². The lowest BCUT2D eigenvalue weighted by Gasteiger charge is -2.58. The van der Waals surface area contributed by atoms with Gasteiger partial charge in [0.25, 0.3) is 10.1 Å². The average Bonchev–Trinajstić information content (AvgIpc) is 3.16. The number of esters is 1. The van der Waals surface area contributed by atoms with Crippen LogP contribution in [0.5, 0.6) is 0 Å². The molecule has 4 aliphatic rings. The van der Waals surface area contributed by atoms with E-state index < -0.39 is 45.5 Å². The normalized spacial score (nSPS) is 38.6. The summed E-state index contributed by atoms with van der Waals surface area (Å²) in [5, 5.41) is 0.